The van der Waals surface area contributed by atoms with Crippen molar-refractivity contribution in [1.82, 2.24) is 0 Å². The predicted molar refractivity (Wildman–Crippen MR) is 104 cm³/mol. The lowest BCUT2D eigenvalue weighted by Gasteiger charge is -2.38. The smallest absolute Gasteiger partial charge is 0.340 e. The number of methoxy groups -OCH3 is 2. The second-order valence-corrected chi connectivity index (χ2v) is 6.25. The van der Waals surface area contributed by atoms with Gasteiger partial charge in [-0.1, -0.05) is 12.1 Å². The quantitative estimate of drug-likeness (QED) is 0.653. The first-order valence-electron chi connectivity index (χ1n) is 8.70. The summed E-state index contributed by atoms with van der Waals surface area (Å²) >= 11 is 0. The van der Waals surface area contributed by atoms with E-state index in [1.165, 1.54) is 14.2 Å². The van der Waals surface area contributed by atoms with E-state index in [-0.39, 0.29) is 5.97 Å². The van der Waals surface area contributed by atoms with Crippen LogP contribution >= 0.6 is 0 Å². The Hall–Kier alpha value is -3.22. The van der Waals surface area contributed by atoms with Gasteiger partial charge in [0.05, 0.1) is 36.7 Å². The largest absolute Gasteiger partial charge is 0.465 e. The molecular weight excluding hydrogens is 346 g/mol. The Kier molecular flexibility index (Phi) is 5.49. The van der Waals surface area contributed by atoms with Gasteiger partial charge in [-0.3, -0.25) is 0 Å². The standard InChI is InChI=1S/C20H23N3O4/c1-26-19(24)14-5-3-6-15(13-14)22-9-11-23(12-10-22)17-8-4-7-16(18(17)21)20(25)27-2/h3-8,13H,9-12,21H2,1-2H3. The molecule has 1 saturated heterocycles. The predicted octanol–water partition coefficient (Wildman–Crippen LogP) is 2.17. The highest BCUT2D eigenvalue weighted by Gasteiger charge is 2.22. The van der Waals surface area contributed by atoms with Crippen LogP contribution in [0.2, 0.25) is 0 Å². The zero-order valence-corrected chi connectivity index (χ0v) is 15.5. The van der Waals surface area contributed by atoms with Crippen molar-refractivity contribution in [2.45, 2.75) is 0 Å². The number of rotatable bonds is 4. The van der Waals surface area contributed by atoms with E-state index < -0.39 is 5.97 Å². The lowest BCUT2D eigenvalue weighted by Crippen LogP contribution is -2.46. The molecule has 0 unspecified atom stereocenters. The summed E-state index contributed by atoms with van der Waals surface area (Å²) in [6, 6.07) is 12.8. The molecule has 3 rings (SSSR count). The highest BCUT2D eigenvalue weighted by molar-refractivity contribution is 5.98. The van der Waals surface area contributed by atoms with E-state index in [9.17, 15) is 9.59 Å². The number of hydrogen-bond acceptors (Lipinski definition) is 7. The van der Waals surface area contributed by atoms with Crippen LogP contribution in [0.15, 0.2) is 42.5 Å². The first-order valence-corrected chi connectivity index (χ1v) is 8.70. The molecule has 0 aliphatic carbocycles. The van der Waals surface area contributed by atoms with Gasteiger partial charge in [-0.2, -0.15) is 0 Å². The number of nitrogen functional groups attached to an aromatic ring is 1. The summed E-state index contributed by atoms with van der Waals surface area (Å²) in [5.74, 6) is -0.782. The monoisotopic (exact) mass is 369 g/mol. The number of carbonyl (C=O) groups is 2. The SMILES string of the molecule is COC(=O)c1cccc(N2CCN(c3cccc(C(=O)OC)c3N)CC2)c1. The van der Waals surface area contributed by atoms with Gasteiger partial charge in [0.25, 0.3) is 0 Å². The van der Waals surface area contributed by atoms with Crippen molar-refractivity contribution in [3.63, 3.8) is 0 Å². The third-order valence-electron chi connectivity index (χ3n) is 4.74. The van der Waals surface area contributed by atoms with E-state index in [4.69, 9.17) is 15.2 Å². The zero-order chi connectivity index (χ0) is 19.4. The molecule has 142 valence electrons. The number of hydrogen-bond donors (Lipinski definition) is 1. The van der Waals surface area contributed by atoms with E-state index in [1.54, 1.807) is 12.1 Å². The van der Waals surface area contributed by atoms with Crippen molar-refractivity contribution in [3.05, 3.63) is 53.6 Å². The zero-order valence-electron chi connectivity index (χ0n) is 15.5. The second-order valence-electron chi connectivity index (χ2n) is 6.25. The van der Waals surface area contributed by atoms with Crippen LogP contribution < -0.4 is 15.5 Å². The topological polar surface area (TPSA) is 85.1 Å². The second kappa shape index (κ2) is 7.99. The Morgan fingerprint density at radius 2 is 1.52 bits per heavy atom. The molecule has 2 N–H and O–H groups in total. The summed E-state index contributed by atoms with van der Waals surface area (Å²) in [7, 11) is 2.72. The maximum absolute atomic E-state index is 11.9. The van der Waals surface area contributed by atoms with Crippen LogP contribution in [0.5, 0.6) is 0 Å². The van der Waals surface area contributed by atoms with Crippen LogP contribution in [-0.2, 0) is 9.47 Å². The molecule has 1 heterocycles. The van der Waals surface area contributed by atoms with Gasteiger partial charge in [0.15, 0.2) is 0 Å². The number of anilines is 3. The number of ether oxygens (including phenoxy) is 2. The molecule has 0 bridgehead atoms. The number of esters is 2. The van der Waals surface area contributed by atoms with Gasteiger partial charge in [0, 0.05) is 31.9 Å². The Morgan fingerprint density at radius 3 is 2.19 bits per heavy atom. The Bertz CT molecular complexity index is 845. The molecule has 0 spiro atoms. The van der Waals surface area contributed by atoms with Gasteiger partial charge in [-0.05, 0) is 30.3 Å². The molecule has 7 nitrogen and oxygen atoms in total. The molecule has 0 atom stereocenters. The number of para-hydroxylation sites is 1. The van der Waals surface area contributed by atoms with Crippen LogP contribution in [0, 0.1) is 0 Å². The van der Waals surface area contributed by atoms with E-state index in [0.29, 0.717) is 16.8 Å². The summed E-state index contributed by atoms with van der Waals surface area (Å²) in [5.41, 5.74) is 9.36. The minimum atomic E-state index is -0.437. The molecule has 1 aliphatic rings. The minimum Gasteiger partial charge on any atom is -0.465 e. The van der Waals surface area contributed by atoms with E-state index in [1.807, 2.05) is 30.3 Å². The molecular formula is C20H23N3O4. The van der Waals surface area contributed by atoms with Gasteiger partial charge in [0.1, 0.15) is 0 Å². The fraction of sp³-hybridized carbons (Fsp3) is 0.300. The number of nitrogens with two attached hydrogens (primary N) is 1. The molecule has 2 aromatic carbocycles. The van der Waals surface area contributed by atoms with Crippen molar-refractivity contribution < 1.29 is 19.1 Å². The van der Waals surface area contributed by atoms with E-state index in [2.05, 4.69) is 9.80 Å². The van der Waals surface area contributed by atoms with Crippen molar-refractivity contribution in [3.8, 4) is 0 Å². The number of benzene rings is 2. The third-order valence-corrected chi connectivity index (χ3v) is 4.74. The lowest BCUT2D eigenvalue weighted by atomic mass is 10.1. The molecule has 0 amide bonds. The Labute approximate surface area is 158 Å². The van der Waals surface area contributed by atoms with Gasteiger partial charge >= 0.3 is 11.9 Å². The summed E-state index contributed by atoms with van der Waals surface area (Å²) < 4.78 is 9.58. The van der Waals surface area contributed by atoms with Crippen LogP contribution in [0.1, 0.15) is 20.7 Å². The summed E-state index contributed by atoms with van der Waals surface area (Å²) in [6.45, 7) is 3.04. The fourth-order valence-electron chi connectivity index (χ4n) is 3.27. The molecule has 0 radical (unpaired) electrons. The number of nitrogens with zero attached hydrogens (tertiary/aromatic N) is 2. The molecule has 1 aliphatic heterocycles. The average Bonchev–Trinajstić information content (AvgIpc) is 2.73. The first kappa shape index (κ1) is 18.6. The summed E-state index contributed by atoms with van der Waals surface area (Å²) in [5, 5.41) is 0. The maximum Gasteiger partial charge on any atom is 0.340 e. The molecule has 27 heavy (non-hydrogen) atoms. The van der Waals surface area contributed by atoms with Crippen molar-refractivity contribution in [2.75, 3.05) is 55.9 Å². The van der Waals surface area contributed by atoms with Crippen LogP contribution in [0.25, 0.3) is 0 Å². The van der Waals surface area contributed by atoms with E-state index in [0.717, 1.165) is 37.6 Å². The molecule has 0 aromatic heterocycles. The van der Waals surface area contributed by atoms with Crippen LogP contribution in [-0.4, -0.2) is 52.3 Å². The lowest BCUT2D eigenvalue weighted by molar-refractivity contribution is 0.0592. The van der Waals surface area contributed by atoms with Crippen LogP contribution in [0.3, 0.4) is 0 Å². The molecule has 7 heteroatoms. The van der Waals surface area contributed by atoms with Crippen molar-refractivity contribution >= 4 is 29.0 Å². The normalized spacial score (nSPS) is 14.0. The van der Waals surface area contributed by atoms with Crippen LogP contribution in [0.4, 0.5) is 17.1 Å². The van der Waals surface area contributed by atoms with Gasteiger partial charge in [0.2, 0.25) is 0 Å². The number of piperazine rings is 1. The average molecular weight is 369 g/mol. The number of carbonyl (C=O) groups excluding carboxylic acids is 2. The third kappa shape index (κ3) is 3.81. The minimum absolute atomic E-state index is 0.345. The fourth-order valence-corrected chi connectivity index (χ4v) is 3.27. The highest BCUT2D eigenvalue weighted by atomic mass is 16.5. The molecule has 2 aromatic rings. The maximum atomic E-state index is 11.9. The van der Waals surface area contributed by atoms with Crippen molar-refractivity contribution in [1.29, 1.82) is 0 Å². The molecule has 0 saturated carbocycles. The van der Waals surface area contributed by atoms with Gasteiger partial charge in [-0.25, -0.2) is 9.59 Å². The summed E-state index contributed by atoms with van der Waals surface area (Å²) in [4.78, 5) is 28.0. The Morgan fingerprint density at radius 1 is 0.889 bits per heavy atom. The molecule has 1 fully saturated rings. The van der Waals surface area contributed by atoms with Gasteiger partial charge in [-0.15, -0.1) is 0 Å². The Balaban J connectivity index is 1.73. The van der Waals surface area contributed by atoms with Gasteiger partial charge < -0.3 is 25.0 Å². The van der Waals surface area contributed by atoms with E-state index >= 15 is 0 Å². The van der Waals surface area contributed by atoms with Crippen molar-refractivity contribution in [2.24, 2.45) is 0 Å². The summed E-state index contributed by atoms with van der Waals surface area (Å²) in [6.07, 6.45) is 0. The highest BCUT2D eigenvalue weighted by Crippen LogP contribution is 2.29. The first-order chi connectivity index (χ1) is 13.0.